The van der Waals surface area contributed by atoms with Gasteiger partial charge < -0.3 is 9.88 Å². The molecule has 2 aromatic carbocycles. The van der Waals surface area contributed by atoms with Crippen LogP contribution in [-0.4, -0.2) is 71.1 Å². The zero-order valence-electron chi connectivity index (χ0n) is 23.6. The lowest BCUT2D eigenvalue weighted by molar-refractivity contribution is -0.136. The number of aromatic amines is 1. The van der Waals surface area contributed by atoms with Gasteiger partial charge in [-0.1, -0.05) is 31.2 Å². The van der Waals surface area contributed by atoms with Crippen LogP contribution >= 0.6 is 0 Å². The molecule has 2 aliphatic rings. The third-order valence-electron chi connectivity index (χ3n) is 8.75. The van der Waals surface area contributed by atoms with Crippen molar-refractivity contribution in [2.75, 3.05) is 18.8 Å². The standard InChI is InChI=1S/C30H37F3N4O3S/c1-4-36(19(2)3)21-13-14-26(20(17-21)18-41(39,40)22-9-6-5-7-10-22)37-16-15-23(29(37)38)28-34-25-12-8-11-24(27(25)35-28)30(31,32)33/h5-12,19-21,23,26H,4,13-18H2,1-3H3,(H,34,35)/t20-,21+,23?,26+/m1/s1. The van der Waals surface area contributed by atoms with Crippen molar-refractivity contribution in [2.24, 2.45) is 5.92 Å². The Kier molecular flexibility index (Phi) is 8.22. The summed E-state index contributed by atoms with van der Waals surface area (Å²) in [5.41, 5.74) is -0.793. The van der Waals surface area contributed by atoms with Gasteiger partial charge in [-0.05, 0) is 76.3 Å². The van der Waals surface area contributed by atoms with Crippen molar-refractivity contribution in [3.8, 4) is 0 Å². The van der Waals surface area contributed by atoms with Gasteiger partial charge in [-0.3, -0.25) is 9.69 Å². The monoisotopic (exact) mass is 590 g/mol. The molecule has 5 rings (SSSR count). The highest BCUT2D eigenvalue weighted by Crippen LogP contribution is 2.40. The number of rotatable bonds is 8. The topological polar surface area (TPSA) is 86.4 Å². The van der Waals surface area contributed by atoms with Crippen molar-refractivity contribution >= 4 is 26.8 Å². The van der Waals surface area contributed by atoms with E-state index in [0.29, 0.717) is 31.8 Å². The number of hydrogen-bond donors (Lipinski definition) is 1. The number of nitrogens with one attached hydrogen (secondary N) is 1. The van der Waals surface area contributed by atoms with E-state index in [1.165, 1.54) is 12.1 Å². The molecule has 1 aliphatic carbocycles. The molecule has 1 aromatic heterocycles. The fraction of sp³-hybridized carbons (Fsp3) is 0.533. The summed E-state index contributed by atoms with van der Waals surface area (Å²) in [6.45, 7) is 7.64. The molecule has 0 bridgehead atoms. The van der Waals surface area contributed by atoms with E-state index in [-0.39, 0.29) is 51.4 Å². The lowest BCUT2D eigenvalue weighted by Gasteiger charge is -2.45. The van der Waals surface area contributed by atoms with Gasteiger partial charge in [0.15, 0.2) is 9.84 Å². The fourth-order valence-electron chi connectivity index (χ4n) is 6.89. The van der Waals surface area contributed by atoms with Crippen molar-refractivity contribution in [3.63, 3.8) is 0 Å². The number of nitrogens with zero attached hydrogens (tertiary/aromatic N) is 3. The Morgan fingerprint density at radius 1 is 1.07 bits per heavy atom. The molecule has 3 aromatic rings. The van der Waals surface area contributed by atoms with Crippen molar-refractivity contribution in [2.45, 2.75) is 81.6 Å². The number of carbonyl (C=O) groups excluding carboxylic acids is 1. The maximum Gasteiger partial charge on any atom is 0.418 e. The Bertz CT molecular complexity index is 1490. The molecule has 1 saturated carbocycles. The molecular weight excluding hydrogens is 553 g/mol. The van der Waals surface area contributed by atoms with Gasteiger partial charge >= 0.3 is 6.18 Å². The number of imidazole rings is 1. The summed E-state index contributed by atoms with van der Waals surface area (Å²) >= 11 is 0. The largest absolute Gasteiger partial charge is 0.418 e. The SMILES string of the molecule is CCN(C(C)C)[C@H]1CC[C@H](N2CCC(c3nc4c(C(F)(F)F)cccc4[nH]3)C2=O)[C@@H](CS(=O)(=O)c2ccccc2)C1. The first-order valence-corrected chi connectivity index (χ1v) is 16.0. The third kappa shape index (κ3) is 5.88. The number of carbonyl (C=O) groups is 1. The third-order valence-corrected chi connectivity index (χ3v) is 10.6. The Labute approximate surface area is 239 Å². The number of sulfone groups is 1. The average molecular weight is 591 g/mol. The first-order chi connectivity index (χ1) is 19.4. The van der Waals surface area contributed by atoms with Crippen LogP contribution in [0, 0.1) is 5.92 Å². The number of amides is 1. The zero-order valence-corrected chi connectivity index (χ0v) is 24.4. The number of aromatic nitrogens is 2. The quantitative estimate of drug-likeness (QED) is 0.367. The van der Waals surface area contributed by atoms with Crippen LogP contribution in [0.15, 0.2) is 53.4 Å². The highest BCUT2D eigenvalue weighted by atomic mass is 32.2. The lowest BCUT2D eigenvalue weighted by Crippen LogP contribution is -2.52. The number of halogens is 3. The summed E-state index contributed by atoms with van der Waals surface area (Å²) in [6.07, 6.45) is -2.00. The summed E-state index contributed by atoms with van der Waals surface area (Å²) in [4.78, 5) is 25.4. The minimum absolute atomic E-state index is 0.0676. The van der Waals surface area contributed by atoms with Crippen molar-refractivity contribution in [3.05, 3.63) is 59.9 Å². The smallest absolute Gasteiger partial charge is 0.341 e. The zero-order chi connectivity index (χ0) is 29.5. The van der Waals surface area contributed by atoms with Crippen LogP contribution < -0.4 is 0 Å². The second-order valence-electron chi connectivity index (χ2n) is 11.5. The molecule has 4 atom stereocenters. The van der Waals surface area contributed by atoms with Crippen LogP contribution in [0.25, 0.3) is 11.0 Å². The van der Waals surface area contributed by atoms with Crippen LogP contribution in [0.5, 0.6) is 0 Å². The first-order valence-electron chi connectivity index (χ1n) is 14.3. The molecule has 0 radical (unpaired) electrons. The molecule has 11 heteroatoms. The van der Waals surface area contributed by atoms with Crippen molar-refractivity contribution in [1.82, 2.24) is 19.8 Å². The minimum Gasteiger partial charge on any atom is -0.341 e. The first kappa shape index (κ1) is 29.6. The van der Waals surface area contributed by atoms with Gasteiger partial charge in [0.2, 0.25) is 5.91 Å². The van der Waals surface area contributed by atoms with E-state index in [4.69, 9.17) is 0 Å². The fourth-order valence-corrected chi connectivity index (χ4v) is 8.58. The van der Waals surface area contributed by atoms with E-state index in [0.717, 1.165) is 19.0 Å². The van der Waals surface area contributed by atoms with E-state index in [9.17, 15) is 26.4 Å². The Balaban J connectivity index is 1.42. The van der Waals surface area contributed by atoms with Crippen LogP contribution in [-0.2, 0) is 20.8 Å². The van der Waals surface area contributed by atoms with Crippen molar-refractivity contribution < 1.29 is 26.4 Å². The number of para-hydroxylation sites is 1. The molecule has 222 valence electrons. The summed E-state index contributed by atoms with van der Waals surface area (Å²) in [7, 11) is -3.60. The Morgan fingerprint density at radius 2 is 1.80 bits per heavy atom. The maximum atomic E-state index is 13.8. The van der Waals surface area contributed by atoms with Gasteiger partial charge in [-0.25, -0.2) is 13.4 Å². The number of hydrogen-bond acceptors (Lipinski definition) is 5. The highest BCUT2D eigenvalue weighted by Gasteiger charge is 2.45. The van der Waals surface area contributed by atoms with Gasteiger partial charge in [0, 0.05) is 24.7 Å². The molecule has 2 fully saturated rings. The predicted octanol–water partition coefficient (Wildman–Crippen LogP) is 5.64. The van der Waals surface area contributed by atoms with Crippen LogP contribution in [0.1, 0.15) is 63.8 Å². The summed E-state index contributed by atoms with van der Waals surface area (Å²) < 4.78 is 67.7. The van der Waals surface area contributed by atoms with E-state index >= 15 is 0 Å². The van der Waals surface area contributed by atoms with E-state index in [1.54, 1.807) is 35.2 Å². The van der Waals surface area contributed by atoms with Crippen LogP contribution in [0.4, 0.5) is 13.2 Å². The predicted molar refractivity (Wildman–Crippen MR) is 151 cm³/mol. The van der Waals surface area contributed by atoms with Gasteiger partial charge in [0.1, 0.15) is 11.3 Å². The number of likely N-dealkylation sites (tertiary alicyclic amines) is 1. The van der Waals surface area contributed by atoms with Gasteiger partial charge in [-0.2, -0.15) is 13.2 Å². The average Bonchev–Trinajstić information content (AvgIpc) is 3.52. The summed E-state index contributed by atoms with van der Waals surface area (Å²) in [5, 5.41) is 0. The molecule has 7 nitrogen and oxygen atoms in total. The molecule has 0 spiro atoms. The number of fused-ring (bicyclic) bond motifs is 1. The van der Waals surface area contributed by atoms with Gasteiger partial charge in [0.05, 0.1) is 27.6 Å². The van der Waals surface area contributed by atoms with E-state index in [1.807, 2.05) is 0 Å². The van der Waals surface area contributed by atoms with Gasteiger partial charge in [0.25, 0.3) is 0 Å². The van der Waals surface area contributed by atoms with Crippen molar-refractivity contribution in [1.29, 1.82) is 0 Å². The molecule has 1 unspecified atom stereocenters. The lowest BCUT2D eigenvalue weighted by atomic mass is 9.80. The molecule has 1 N–H and O–H groups in total. The van der Waals surface area contributed by atoms with E-state index in [2.05, 4.69) is 35.6 Å². The second kappa shape index (κ2) is 11.4. The second-order valence-corrected chi connectivity index (χ2v) is 13.5. The highest BCUT2D eigenvalue weighted by molar-refractivity contribution is 7.91. The number of benzene rings is 2. The molecule has 1 saturated heterocycles. The Morgan fingerprint density at radius 3 is 2.46 bits per heavy atom. The Hall–Kier alpha value is -2.92. The van der Waals surface area contributed by atoms with Crippen LogP contribution in [0.2, 0.25) is 0 Å². The molecular formula is C30H37F3N4O3S. The van der Waals surface area contributed by atoms with Crippen LogP contribution in [0.3, 0.4) is 0 Å². The molecule has 2 heterocycles. The summed E-state index contributed by atoms with van der Waals surface area (Å²) in [5.74, 6) is -1.03. The normalized spacial score (nSPS) is 24.2. The molecule has 1 aliphatic heterocycles. The number of H-pyrrole nitrogens is 1. The summed E-state index contributed by atoms with van der Waals surface area (Å²) in [6, 6.07) is 12.5. The number of alkyl halides is 3. The van der Waals surface area contributed by atoms with Gasteiger partial charge in [-0.15, -0.1) is 0 Å². The maximum absolute atomic E-state index is 13.8. The van der Waals surface area contributed by atoms with E-state index < -0.39 is 27.5 Å². The minimum atomic E-state index is -4.56. The molecule has 41 heavy (non-hydrogen) atoms. The molecule has 1 amide bonds.